The molecule has 1 unspecified atom stereocenters. The van der Waals surface area contributed by atoms with Crippen LogP contribution in [0, 0.1) is 6.92 Å². The zero-order valence-corrected chi connectivity index (χ0v) is 14.6. The van der Waals surface area contributed by atoms with E-state index in [2.05, 4.69) is 14.8 Å². The van der Waals surface area contributed by atoms with Crippen LogP contribution in [0.4, 0.5) is 11.8 Å². The Kier molecular flexibility index (Phi) is 4.73. The molecule has 1 aromatic rings. The van der Waals surface area contributed by atoms with E-state index in [1.54, 1.807) is 0 Å². The van der Waals surface area contributed by atoms with Gasteiger partial charge >= 0.3 is 0 Å². The van der Waals surface area contributed by atoms with Crippen molar-refractivity contribution in [1.82, 2.24) is 14.9 Å². The van der Waals surface area contributed by atoms with Gasteiger partial charge < -0.3 is 19.8 Å². The highest BCUT2D eigenvalue weighted by Gasteiger charge is 2.36. The topological polar surface area (TPSA) is 55.7 Å². The Morgan fingerprint density at radius 2 is 1.96 bits per heavy atom. The van der Waals surface area contributed by atoms with E-state index in [1.807, 2.05) is 32.1 Å². The van der Waals surface area contributed by atoms with Crippen LogP contribution in [0.3, 0.4) is 0 Å². The van der Waals surface area contributed by atoms with Gasteiger partial charge in [0.25, 0.3) is 0 Å². The molecule has 0 radical (unpaired) electrons. The molecule has 0 aromatic carbocycles. The highest BCUT2D eigenvalue weighted by Crippen LogP contribution is 2.27. The van der Waals surface area contributed by atoms with Gasteiger partial charge in [-0.3, -0.25) is 0 Å². The van der Waals surface area contributed by atoms with E-state index in [9.17, 15) is 5.11 Å². The zero-order valence-electron chi connectivity index (χ0n) is 14.6. The van der Waals surface area contributed by atoms with Crippen LogP contribution in [-0.2, 0) is 0 Å². The fourth-order valence-electron chi connectivity index (χ4n) is 3.80. The van der Waals surface area contributed by atoms with Gasteiger partial charge in [-0.15, -0.1) is 0 Å². The van der Waals surface area contributed by atoms with E-state index in [-0.39, 0.29) is 0 Å². The third-order valence-corrected chi connectivity index (χ3v) is 4.91. The first-order chi connectivity index (χ1) is 11.0. The number of piperidine rings is 1. The molecule has 0 amide bonds. The summed E-state index contributed by atoms with van der Waals surface area (Å²) in [6.07, 6.45) is 6.25. The number of likely N-dealkylation sites (tertiary alicyclic amines) is 1. The highest BCUT2D eigenvalue weighted by molar-refractivity contribution is 5.48. The molecule has 2 saturated heterocycles. The third kappa shape index (κ3) is 3.75. The lowest BCUT2D eigenvalue weighted by molar-refractivity contribution is -0.00255. The number of β-amino-alcohol motifs (C(OH)–C–C–N with tert-alkyl or cyclic N) is 1. The Morgan fingerprint density at radius 3 is 2.65 bits per heavy atom. The fourth-order valence-corrected chi connectivity index (χ4v) is 3.80. The van der Waals surface area contributed by atoms with Gasteiger partial charge in [0.05, 0.1) is 12.1 Å². The molecule has 1 atom stereocenters. The maximum Gasteiger partial charge on any atom is 0.227 e. The third-order valence-electron chi connectivity index (χ3n) is 4.91. The maximum absolute atomic E-state index is 11.0. The van der Waals surface area contributed by atoms with Gasteiger partial charge in [-0.05, 0) is 45.7 Å². The van der Waals surface area contributed by atoms with E-state index in [4.69, 9.17) is 4.98 Å². The first-order valence-electron chi connectivity index (χ1n) is 8.67. The summed E-state index contributed by atoms with van der Waals surface area (Å²) in [4.78, 5) is 15.8. The summed E-state index contributed by atoms with van der Waals surface area (Å²) >= 11 is 0. The van der Waals surface area contributed by atoms with Crippen LogP contribution < -0.4 is 9.80 Å². The molecule has 1 N–H and O–H groups in total. The van der Waals surface area contributed by atoms with Gasteiger partial charge in [-0.2, -0.15) is 4.98 Å². The van der Waals surface area contributed by atoms with Crippen molar-refractivity contribution in [2.24, 2.45) is 0 Å². The van der Waals surface area contributed by atoms with E-state index >= 15 is 0 Å². The van der Waals surface area contributed by atoms with Crippen molar-refractivity contribution in [3.05, 3.63) is 11.8 Å². The summed E-state index contributed by atoms with van der Waals surface area (Å²) in [5, 5.41) is 11.0. The number of nitrogens with zero attached hydrogens (tertiary/aromatic N) is 5. The van der Waals surface area contributed by atoms with Crippen LogP contribution in [0.15, 0.2) is 6.20 Å². The van der Waals surface area contributed by atoms with Crippen LogP contribution >= 0.6 is 0 Å². The van der Waals surface area contributed by atoms with Crippen molar-refractivity contribution in [3.8, 4) is 0 Å². The molecule has 23 heavy (non-hydrogen) atoms. The Balaban J connectivity index is 1.74. The minimum atomic E-state index is -0.644. The second kappa shape index (κ2) is 6.61. The SMILES string of the molecule is Cc1cnc(N2CCCC(O)(CN3CCCC3)C2)nc1N(C)C. The molecular weight excluding hydrogens is 290 g/mol. The lowest BCUT2D eigenvalue weighted by Gasteiger charge is -2.41. The van der Waals surface area contributed by atoms with Gasteiger partial charge in [0.2, 0.25) is 5.95 Å². The molecule has 2 aliphatic rings. The smallest absolute Gasteiger partial charge is 0.227 e. The van der Waals surface area contributed by atoms with Gasteiger partial charge in [0.1, 0.15) is 5.82 Å². The van der Waals surface area contributed by atoms with Crippen molar-refractivity contribution in [2.75, 3.05) is 56.6 Å². The molecule has 3 heterocycles. The first-order valence-corrected chi connectivity index (χ1v) is 8.67. The average Bonchev–Trinajstić information content (AvgIpc) is 2.99. The Morgan fingerprint density at radius 1 is 1.22 bits per heavy atom. The number of aromatic nitrogens is 2. The monoisotopic (exact) mass is 319 g/mol. The van der Waals surface area contributed by atoms with Crippen molar-refractivity contribution < 1.29 is 5.11 Å². The molecule has 6 heteroatoms. The molecule has 2 aliphatic heterocycles. The molecule has 0 bridgehead atoms. The van der Waals surface area contributed by atoms with Crippen molar-refractivity contribution >= 4 is 11.8 Å². The lowest BCUT2D eigenvalue weighted by Crippen LogP contribution is -2.54. The second-order valence-electron chi connectivity index (χ2n) is 7.30. The normalized spacial score (nSPS) is 25.8. The minimum absolute atomic E-state index is 0.624. The van der Waals surface area contributed by atoms with Crippen molar-refractivity contribution in [2.45, 2.75) is 38.2 Å². The number of aryl methyl sites for hydroxylation is 1. The fraction of sp³-hybridized carbons (Fsp3) is 0.765. The molecule has 0 spiro atoms. The second-order valence-corrected chi connectivity index (χ2v) is 7.30. The maximum atomic E-state index is 11.0. The summed E-state index contributed by atoms with van der Waals surface area (Å²) < 4.78 is 0. The largest absolute Gasteiger partial charge is 0.387 e. The van der Waals surface area contributed by atoms with Gasteiger partial charge in [0.15, 0.2) is 0 Å². The van der Waals surface area contributed by atoms with Gasteiger partial charge in [-0.25, -0.2) is 4.98 Å². The van der Waals surface area contributed by atoms with E-state index in [0.29, 0.717) is 6.54 Å². The molecule has 0 saturated carbocycles. The Labute approximate surface area is 139 Å². The van der Waals surface area contributed by atoms with Gasteiger partial charge in [-0.1, -0.05) is 0 Å². The minimum Gasteiger partial charge on any atom is -0.387 e. The van der Waals surface area contributed by atoms with Crippen molar-refractivity contribution in [1.29, 1.82) is 0 Å². The summed E-state index contributed by atoms with van der Waals surface area (Å²) in [5.41, 5.74) is 0.429. The molecule has 6 nitrogen and oxygen atoms in total. The standard InChI is InChI=1S/C17H29N5O/c1-14-11-18-16(19-15(14)20(2)3)22-10-6-7-17(23,13-22)12-21-8-4-5-9-21/h11,23H,4-10,12-13H2,1-3H3. The predicted octanol–water partition coefficient (Wildman–Crippen LogP) is 1.28. The number of aliphatic hydroxyl groups is 1. The molecule has 0 aliphatic carbocycles. The summed E-state index contributed by atoms with van der Waals surface area (Å²) in [5.74, 6) is 1.68. The molecule has 2 fully saturated rings. The van der Waals surface area contributed by atoms with Crippen LogP contribution in [-0.4, -0.2) is 72.4 Å². The van der Waals surface area contributed by atoms with Crippen LogP contribution in [0.1, 0.15) is 31.2 Å². The average molecular weight is 319 g/mol. The number of hydrogen-bond donors (Lipinski definition) is 1. The molecule has 3 rings (SSSR count). The predicted molar refractivity (Wildman–Crippen MR) is 93.2 cm³/mol. The van der Waals surface area contributed by atoms with Crippen molar-refractivity contribution in [3.63, 3.8) is 0 Å². The van der Waals surface area contributed by atoms with Crippen LogP contribution in [0.2, 0.25) is 0 Å². The molecular formula is C17H29N5O. The number of hydrogen-bond acceptors (Lipinski definition) is 6. The van der Waals surface area contributed by atoms with Crippen LogP contribution in [0.5, 0.6) is 0 Å². The van der Waals surface area contributed by atoms with E-state index in [0.717, 1.165) is 56.4 Å². The summed E-state index contributed by atoms with van der Waals surface area (Å²) in [6, 6.07) is 0. The number of rotatable bonds is 4. The summed E-state index contributed by atoms with van der Waals surface area (Å²) in [7, 11) is 4.00. The lowest BCUT2D eigenvalue weighted by atomic mass is 9.92. The van der Waals surface area contributed by atoms with Crippen LogP contribution in [0.25, 0.3) is 0 Å². The molecule has 128 valence electrons. The first kappa shape index (κ1) is 16.5. The quantitative estimate of drug-likeness (QED) is 0.902. The Hall–Kier alpha value is -1.40. The van der Waals surface area contributed by atoms with Gasteiger partial charge in [0, 0.05) is 38.9 Å². The number of anilines is 2. The Bertz CT molecular complexity index is 544. The van der Waals surface area contributed by atoms with E-state index in [1.165, 1.54) is 12.8 Å². The zero-order chi connectivity index (χ0) is 16.4. The molecule has 1 aromatic heterocycles. The van der Waals surface area contributed by atoms with E-state index < -0.39 is 5.60 Å². The highest BCUT2D eigenvalue weighted by atomic mass is 16.3. The summed E-state index contributed by atoms with van der Waals surface area (Å²) in [6.45, 7) is 6.58.